The molecule has 18 heavy (non-hydrogen) atoms. The van der Waals surface area contributed by atoms with Crippen molar-refractivity contribution in [1.82, 2.24) is 10.4 Å². The smallest absolute Gasteiger partial charge is 0.141 e. The van der Waals surface area contributed by atoms with Gasteiger partial charge in [-0.25, -0.2) is 9.82 Å². The Morgan fingerprint density at radius 2 is 2.17 bits per heavy atom. The predicted molar refractivity (Wildman–Crippen MR) is 69.6 cm³/mol. The molecule has 0 fully saturated rings. The van der Waals surface area contributed by atoms with Gasteiger partial charge in [0.05, 0.1) is 12.2 Å². The van der Waals surface area contributed by atoms with E-state index in [9.17, 15) is 4.39 Å². The summed E-state index contributed by atoms with van der Waals surface area (Å²) in [5.41, 5.74) is 5.13. The van der Waals surface area contributed by atoms with Gasteiger partial charge in [-0.2, -0.15) is 0 Å². The Balaban J connectivity index is 2.49. The van der Waals surface area contributed by atoms with Crippen molar-refractivity contribution in [2.45, 2.75) is 13.0 Å². The zero-order valence-corrected chi connectivity index (χ0v) is 10.6. The Kier molecular flexibility index (Phi) is 3.91. The maximum absolute atomic E-state index is 13.2. The number of nitrogens with one attached hydrogen (secondary N) is 1. The molecule has 94 valence electrons. The van der Waals surface area contributed by atoms with Gasteiger partial charge in [-0.1, -0.05) is 23.7 Å². The predicted octanol–water partition coefficient (Wildman–Crippen LogP) is 2.74. The van der Waals surface area contributed by atoms with Gasteiger partial charge in [-0.15, -0.1) is 0 Å². The van der Waals surface area contributed by atoms with Crippen LogP contribution in [-0.4, -0.2) is 4.98 Å². The van der Waals surface area contributed by atoms with E-state index in [4.69, 9.17) is 17.4 Å². The first-order chi connectivity index (χ1) is 8.63. The van der Waals surface area contributed by atoms with Crippen LogP contribution in [0.4, 0.5) is 4.39 Å². The molecule has 1 atom stereocenters. The molecule has 0 amide bonds. The lowest BCUT2D eigenvalue weighted by atomic mass is 9.96. The Morgan fingerprint density at radius 3 is 2.83 bits per heavy atom. The molecule has 0 saturated heterocycles. The van der Waals surface area contributed by atoms with E-state index in [2.05, 4.69) is 10.4 Å². The highest BCUT2D eigenvalue weighted by Crippen LogP contribution is 2.28. The Morgan fingerprint density at radius 1 is 1.39 bits per heavy atom. The minimum absolute atomic E-state index is 0.341. The van der Waals surface area contributed by atoms with Crippen LogP contribution in [0.25, 0.3) is 0 Å². The zero-order chi connectivity index (χ0) is 13.1. The zero-order valence-electron chi connectivity index (χ0n) is 9.82. The summed E-state index contributed by atoms with van der Waals surface area (Å²) in [4.78, 5) is 3.83. The largest absolute Gasteiger partial charge is 0.271 e. The third-order valence-electron chi connectivity index (χ3n) is 2.85. The summed E-state index contributed by atoms with van der Waals surface area (Å²) in [7, 11) is 0. The first kappa shape index (κ1) is 13.0. The van der Waals surface area contributed by atoms with Crippen molar-refractivity contribution in [3.63, 3.8) is 0 Å². The number of hydrazine groups is 1. The van der Waals surface area contributed by atoms with Crippen LogP contribution in [0.15, 0.2) is 36.7 Å². The SMILES string of the molecule is Cc1c(Cl)cccc1C(NN)c1cncc(F)c1. The van der Waals surface area contributed by atoms with Crippen LogP contribution in [0.2, 0.25) is 5.02 Å². The van der Waals surface area contributed by atoms with E-state index >= 15 is 0 Å². The fourth-order valence-corrected chi connectivity index (χ4v) is 2.07. The number of halogens is 2. The summed E-state index contributed by atoms with van der Waals surface area (Å²) in [6.07, 6.45) is 2.73. The molecule has 1 aromatic carbocycles. The van der Waals surface area contributed by atoms with Crippen molar-refractivity contribution in [3.05, 3.63) is 64.2 Å². The van der Waals surface area contributed by atoms with Crippen LogP contribution in [-0.2, 0) is 0 Å². The van der Waals surface area contributed by atoms with E-state index < -0.39 is 5.82 Å². The molecule has 1 heterocycles. The van der Waals surface area contributed by atoms with Gasteiger partial charge in [-0.05, 0) is 35.7 Å². The highest BCUT2D eigenvalue weighted by molar-refractivity contribution is 6.31. The second-order valence-electron chi connectivity index (χ2n) is 3.99. The van der Waals surface area contributed by atoms with Crippen LogP contribution in [0.1, 0.15) is 22.7 Å². The minimum Gasteiger partial charge on any atom is -0.271 e. The number of nitrogens with zero attached hydrogens (tertiary/aromatic N) is 1. The average molecular weight is 266 g/mol. The monoisotopic (exact) mass is 265 g/mol. The number of pyridine rings is 1. The van der Waals surface area contributed by atoms with E-state index in [-0.39, 0.29) is 6.04 Å². The summed E-state index contributed by atoms with van der Waals surface area (Å²) < 4.78 is 13.2. The normalized spacial score (nSPS) is 12.4. The molecule has 3 N–H and O–H groups in total. The molecule has 5 heteroatoms. The van der Waals surface area contributed by atoms with Gasteiger partial charge < -0.3 is 0 Å². The summed E-state index contributed by atoms with van der Waals surface area (Å²) in [5, 5.41) is 0.650. The number of rotatable bonds is 3. The molecule has 0 aliphatic rings. The van der Waals surface area contributed by atoms with Crippen molar-refractivity contribution >= 4 is 11.6 Å². The third kappa shape index (κ3) is 2.51. The summed E-state index contributed by atoms with van der Waals surface area (Å²) in [5.74, 6) is 5.17. The van der Waals surface area contributed by atoms with Gasteiger partial charge in [0.2, 0.25) is 0 Å². The van der Waals surface area contributed by atoms with Crippen LogP contribution >= 0.6 is 11.6 Å². The number of hydrogen-bond acceptors (Lipinski definition) is 3. The highest BCUT2D eigenvalue weighted by Gasteiger charge is 2.16. The maximum atomic E-state index is 13.2. The van der Waals surface area contributed by atoms with E-state index in [0.29, 0.717) is 10.6 Å². The molecule has 3 nitrogen and oxygen atoms in total. The van der Waals surface area contributed by atoms with Crippen molar-refractivity contribution in [3.8, 4) is 0 Å². The first-order valence-electron chi connectivity index (χ1n) is 5.45. The quantitative estimate of drug-likeness (QED) is 0.663. The van der Waals surface area contributed by atoms with Gasteiger partial charge in [0, 0.05) is 11.2 Å². The average Bonchev–Trinajstić information content (AvgIpc) is 2.35. The van der Waals surface area contributed by atoms with Gasteiger partial charge in [0.15, 0.2) is 0 Å². The minimum atomic E-state index is -0.396. The molecule has 1 aromatic heterocycles. The van der Waals surface area contributed by atoms with E-state index in [1.165, 1.54) is 6.07 Å². The molecule has 2 aromatic rings. The van der Waals surface area contributed by atoms with Crippen LogP contribution in [0.3, 0.4) is 0 Å². The van der Waals surface area contributed by atoms with Crippen molar-refractivity contribution in [2.75, 3.05) is 0 Å². The molecule has 0 spiro atoms. The second-order valence-corrected chi connectivity index (χ2v) is 4.40. The standard InChI is InChI=1S/C13H13ClFN3/c1-8-11(3-2-4-12(8)14)13(18-16)9-5-10(15)7-17-6-9/h2-7,13,18H,16H2,1H3. The third-order valence-corrected chi connectivity index (χ3v) is 3.26. The van der Waals surface area contributed by atoms with Gasteiger partial charge in [-0.3, -0.25) is 10.8 Å². The van der Waals surface area contributed by atoms with E-state index in [0.717, 1.165) is 17.3 Å². The van der Waals surface area contributed by atoms with Crippen molar-refractivity contribution < 1.29 is 4.39 Å². The lowest BCUT2D eigenvalue weighted by Crippen LogP contribution is -2.29. The van der Waals surface area contributed by atoms with Crippen LogP contribution in [0.5, 0.6) is 0 Å². The first-order valence-corrected chi connectivity index (χ1v) is 5.83. The van der Waals surface area contributed by atoms with E-state index in [1.54, 1.807) is 12.3 Å². The van der Waals surface area contributed by atoms with Crippen LogP contribution < -0.4 is 11.3 Å². The molecule has 0 saturated carbocycles. The van der Waals surface area contributed by atoms with Gasteiger partial charge in [0.25, 0.3) is 0 Å². The number of nitrogens with two attached hydrogens (primary N) is 1. The second kappa shape index (κ2) is 5.44. The van der Waals surface area contributed by atoms with Crippen molar-refractivity contribution in [2.24, 2.45) is 5.84 Å². The molecule has 0 radical (unpaired) electrons. The lowest BCUT2D eigenvalue weighted by molar-refractivity contribution is 0.596. The van der Waals surface area contributed by atoms with Crippen molar-refractivity contribution in [1.29, 1.82) is 0 Å². The number of hydrogen-bond donors (Lipinski definition) is 2. The lowest BCUT2D eigenvalue weighted by Gasteiger charge is -2.19. The molecule has 2 rings (SSSR count). The number of aromatic nitrogens is 1. The molecule has 1 unspecified atom stereocenters. The maximum Gasteiger partial charge on any atom is 0.141 e. The molecular weight excluding hydrogens is 253 g/mol. The Bertz CT molecular complexity index is 560. The summed E-state index contributed by atoms with van der Waals surface area (Å²) in [6, 6.07) is 6.60. The Labute approximate surface area is 110 Å². The van der Waals surface area contributed by atoms with Gasteiger partial charge >= 0.3 is 0 Å². The summed E-state index contributed by atoms with van der Waals surface area (Å²) in [6.45, 7) is 1.90. The fraction of sp³-hybridized carbons (Fsp3) is 0.154. The topological polar surface area (TPSA) is 50.9 Å². The highest BCUT2D eigenvalue weighted by atomic mass is 35.5. The Hall–Kier alpha value is -1.49. The van der Waals surface area contributed by atoms with Gasteiger partial charge in [0.1, 0.15) is 5.82 Å². The fourth-order valence-electron chi connectivity index (χ4n) is 1.89. The molecule has 0 aliphatic carbocycles. The van der Waals surface area contributed by atoms with E-state index in [1.807, 2.05) is 19.1 Å². The molecular formula is C13H13ClFN3. The van der Waals surface area contributed by atoms with Crippen LogP contribution in [0, 0.1) is 12.7 Å². The summed E-state index contributed by atoms with van der Waals surface area (Å²) >= 11 is 6.08. The number of benzene rings is 1. The molecule has 0 aliphatic heterocycles. The molecule has 0 bridgehead atoms.